The largest absolute Gasteiger partial charge is 0.494 e. The zero-order valence-corrected chi connectivity index (χ0v) is 21.9. The van der Waals surface area contributed by atoms with Crippen LogP contribution in [-0.2, 0) is 16.6 Å². The highest BCUT2D eigenvalue weighted by Crippen LogP contribution is 2.25. The van der Waals surface area contributed by atoms with E-state index in [0.717, 1.165) is 24.0 Å². The molecule has 0 aliphatic carbocycles. The van der Waals surface area contributed by atoms with Gasteiger partial charge in [-0.2, -0.15) is 0 Å². The highest BCUT2D eigenvalue weighted by atomic mass is 35.5. The average molecular weight is 527 g/mol. The van der Waals surface area contributed by atoms with E-state index in [4.69, 9.17) is 16.3 Å². The number of aryl methyl sites for hydroxylation is 2. The zero-order valence-electron chi connectivity index (χ0n) is 20.3. The topological polar surface area (TPSA) is 103 Å². The van der Waals surface area contributed by atoms with Gasteiger partial charge in [-0.05, 0) is 62.2 Å². The lowest BCUT2D eigenvalue weighted by Crippen LogP contribution is -2.31. The van der Waals surface area contributed by atoms with Gasteiger partial charge in [-0.25, -0.2) is 23.1 Å². The molecular formula is C26H27ClN4O4S. The van der Waals surface area contributed by atoms with Crippen molar-refractivity contribution in [2.24, 2.45) is 0 Å². The van der Waals surface area contributed by atoms with E-state index in [1.165, 1.54) is 18.2 Å². The summed E-state index contributed by atoms with van der Waals surface area (Å²) in [5.74, 6) is 0.562. The molecule has 0 saturated carbocycles. The fourth-order valence-corrected chi connectivity index (χ4v) is 4.82. The number of carbonyl (C=O) groups is 1. The number of hydrogen-bond acceptors (Lipinski definition) is 6. The summed E-state index contributed by atoms with van der Waals surface area (Å²) in [5, 5.41) is 0.545. The van der Waals surface area contributed by atoms with Gasteiger partial charge in [-0.1, -0.05) is 48.7 Å². The molecule has 2 aromatic carbocycles. The molecule has 0 aliphatic rings. The number of nitrogens with zero attached hydrogens (tertiary/aromatic N) is 3. The van der Waals surface area contributed by atoms with Crippen LogP contribution in [0.2, 0.25) is 5.02 Å². The fraction of sp³-hybridized carbons (Fsp3) is 0.269. The number of aromatic nitrogens is 3. The summed E-state index contributed by atoms with van der Waals surface area (Å²) in [6.45, 7) is 6.78. The minimum Gasteiger partial charge on any atom is -0.494 e. The molecule has 1 N–H and O–H groups in total. The maximum atomic E-state index is 12.8. The van der Waals surface area contributed by atoms with Gasteiger partial charge in [-0.15, -0.1) is 0 Å². The maximum absolute atomic E-state index is 12.8. The number of fused-ring (bicyclic) bond motifs is 1. The molecule has 1 amide bonds. The monoisotopic (exact) mass is 526 g/mol. The summed E-state index contributed by atoms with van der Waals surface area (Å²) >= 11 is 6.52. The Bertz CT molecular complexity index is 1520. The van der Waals surface area contributed by atoms with Crippen molar-refractivity contribution in [3.63, 3.8) is 0 Å². The third-order valence-electron chi connectivity index (χ3n) is 5.69. The predicted molar refractivity (Wildman–Crippen MR) is 139 cm³/mol. The summed E-state index contributed by atoms with van der Waals surface area (Å²) in [6.07, 6.45) is 2.01. The Morgan fingerprint density at radius 3 is 2.50 bits per heavy atom. The Morgan fingerprint density at radius 2 is 1.81 bits per heavy atom. The maximum Gasteiger partial charge on any atom is 0.283 e. The second-order valence-corrected chi connectivity index (χ2v) is 10.6. The van der Waals surface area contributed by atoms with Gasteiger partial charge in [0.05, 0.1) is 18.0 Å². The van der Waals surface area contributed by atoms with Crippen molar-refractivity contribution in [1.29, 1.82) is 0 Å². The molecule has 188 valence electrons. The third-order valence-corrected chi connectivity index (χ3v) is 7.39. The Balaban J connectivity index is 1.58. The number of unbranched alkanes of at least 4 members (excludes halogenated alkanes) is 1. The third kappa shape index (κ3) is 5.68. The molecule has 36 heavy (non-hydrogen) atoms. The number of carbonyl (C=O) groups excluding carboxylic acids is 1. The lowest BCUT2D eigenvalue weighted by molar-refractivity contribution is 0.0977. The first-order valence-electron chi connectivity index (χ1n) is 11.6. The van der Waals surface area contributed by atoms with E-state index in [0.29, 0.717) is 40.9 Å². The normalized spacial score (nSPS) is 11.6. The number of pyridine rings is 1. The van der Waals surface area contributed by atoms with Crippen molar-refractivity contribution in [2.45, 2.75) is 45.1 Å². The first kappa shape index (κ1) is 25.7. The molecule has 8 nitrogen and oxygen atoms in total. The minimum absolute atomic E-state index is 0.000164. The van der Waals surface area contributed by atoms with Gasteiger partial charge in [0.15, 0.2) is 5.65 Å². The van der Waals surface area contributed by atoms with Crippen LogP contribution >= 0.6 is 11.6 Å². The van der Waals surface area contributed by atoms with Crippen LogP contribution in [0.4, 0.5) is 0 Å². The van der Waals surface area contributed by atoms with Gasteiger partial charge in [-0.3, -0.25) is 4.79 Å². The number of amides is 1. The van der Waals surface area contributed by atoms with E-state index in [1.807, 2.05) is 30.5 Å². The van der Waals surface area contributed by atoms with Crippen molar-refractivity contribution in [1.82, 2.24) is 19.3 Å². The molecule has 0 radical (unpaired) electrons. The van der Waals surface area contributed by atoms with Gasteiger partial charge in [0.2, 0.25) is 0 Å². The van der Waals surface area contributed by atoms with Crippen LogP contribution < -0.4 is 9.46 Å². The lowest BCUT2D eigenvalue weighted by atomic mass is 10.2. The number of hydrogen-bond donors (Lipinski definition) is 1. The van der Waals surface area contributed by atoms with Crippen LogP contribution in [-0.4, -0.2) is 35.5 Å². The van der Waals surface area contributed by atoms with E-state index in [2.05, 4.69) is 21.6 Å². The molecule has 0 unspecified atom stereocenters. The molecule has 0 fully saturated rings. The molecule has 10 heteroatoms. The SMILES string of the molecule is CCCCOc1ccc(Cn2c(C)nc3ccc(C(=O)NS(=O)(=O)c4ccc(C)cc4)nc32)c(Cl)c1. The lowest BCUT2D eigenvalue weighted by Gasteiger charge is -2.11. The molecule has 0 bridgehead atoms. The highest BCUT2D eigenvalue weighted by molar-refractivity contribution is 7.90. The minimum atomic E-state index is -4.04. The van der Waals surface area contributed by atoms with Gasteiger partial charge in [0.25, 0.3) is 15.9 Å². The van der Waals surface area contributed by atoms with Crippen LogP contribution in [0.3, 0.4) is 0 Å². The van der Waals surface area contributed by atoms with Crippen LogP contribution in [0, 0.1) is 13.8 Å². The summed E-state index contributed by atoms with van der Waals surface area (Å²) in [4.78, 5) is 21.8. The summed E-state index contributed by atoms with van der Waals surface area (Å²) < 4.78 is 34.9. The number of sulfonamides is 1. The predicted octanol–water partition coefficient (Wildman–Crippen LogP) is 5.05. The number of rotatable bonds is 9. The summed E-state index contributed by atoms with van der Waals surface area (Å²) in [7, 11) is -4.04. The van der Waals surface area contributed by atoms with Crippen molar-refractivity contribution < 1.29 is 17.9 Å². The van der Waals surface area contributed by atoms with Gasteiger partial charge >= 0.3 is 0 Å². The number of halogens is 1. The van der Waals surface area contributed by atoms with E-state index in [1.54, 1.807) is 24.3 Å². The van der Waals surface area contributed by atoms with Gasteiger partial charge in [0.1, 0.15) is 22.8 Å². The Hall–Kier alpha value is -3.43. The molecule has 2 aromatic heterocycles. The van der Waals surface area contributed by atoms with Gasteiger partial charge < -0.3 is 9.30 Å². The van der Waals surface area contributed by atoms with E-state index in [9.17, 15) is 13.2 Å². The Labute approximate surface area is 215 Å². The number of nitrogens with one attached hydrogen (secondary N) is 1. The molecular weight excluding hydrogens is 500 g/mol. The zero-order chi connectivity index (χ0) is 25.9. The molecule has 0 spiro atoms. The van der Waals surface area contributed by atoms with Gasteiger partial charge in [0, 0.05) is 5.02 Å². The van der Waals surface area contributed by atoms with Crippen LogP contribution in [0.15, 0.2) is 59.5 Å². The second-order valence-electron chi connectivity index (χ2n) is 8.49. The molecule has 0 saturated heterocycles. The van der Waals surface area contributed by atoms with Crippen molar-refractivity contribution in [3.8, 4) is 5.75 Å². The summed E-state index contributed by atoms with van der Waals surface area (Å²) in [5.41, 5.74) is 2.74. The quantitative estimate of drug-likeness (QED) is 0.306. The van der Waals surface area contributed by atoms with E-state index >= 15 is 0 Å². The van der Waals surface area contributed by atoms with Crippen LogP contribution in [0.5, 0.6) is 5.75 Å². The highest BCUT2D eigenvalue weighted by Gasteiger charge is 2.21. The average Bonchev–Trinajstić information content (AvgIpc) is 3.15. The number of ether oxygens (including phenoxy) is 1. The van der Waals surface area contributed by atoms with Crippen LogP contribution in [0.1, 0.15) is 47.2 Å². The molecule has 2 heterocycles. The van der Waals surface area contributed by atoms with Crippen molar-refractivity contribution in [3.05, 3.63) is 82.3 Å². The number of imidazole rings is 1. The van der Waals surface area contributed by atoms with E-state index < -0.39 is 15.9 Å². The fourth-order valence-electron chi connectivity index (χ4n) is 3.63. The van der Waals surface area contributed by atoms with E-state index in [-0.39, 0.29) is 10.6 Å². The summed E-state index contributed by atoms with van der Waals surface area (Å²) in [6, 6.07) is 14.9. The number of benzene rings is 2. The first-order valence-corrected chi connectivity index (χ1v) is 13.4. The smallest absolute Gasteiger partial charge is 0.283 e. The standard InChI is InChI=1S/C26H27ClN4O4S/c1-4-5-14-35-20-9-8-19(22(27)15-20)16-31-18(3)28-23-12-13-24(29-25(23)31)26(32)30-36(33,34)21-10-6-17(2)7-11-21/h6-13,15H,4-5,14,16H2,1-3H3,(H,30,32). The second kappa shape index (κ2) is 10.7. The first-order chi connectivity index (χ1) is 17.2. The van der Waals surface area contributed by atoms with Crippen molar-refractivity contribution >= 4 is 38.7 Å². The van der Waals surface area contributed by atoms with Crippen LogP contribution in [0.25, 0.3) is 11.2 Å². The molecule has 4 aromatic rings. The molecule has 0 aliphatic heterocycles. The Kier molecular flexibility index (Phi) is 7.61. The molecule has 0 atom stereocenters. The molecule has 4 rings (SSSR count). The Morgan fingerprint density at radius 1 is 1.06 bits per heavy atom. The van der Waals surface area contributed by atoms with Crippen molar-refractivity contribution in [2.75, 3.05) is 6.61 Å².